The van der Waals surface area contributed by atoms with Crippen molar-refractivity contribution in [3.05, 3.63) is 0 Å². The lowest BCUT2D eigenvalue weighted by Crippen LogP contribution is -2.39. The fraction of sp³-hybridized carbons (Fsp3) is 1.00. The lowest BCUT2D eigenvalue weighted by molar-refractivity contribution is 0.489. The fourth-order valence-corrected chi connectivity index (χ4v) is 5.16. The van der Waals surface area contributed by atoms with Gasteiger partial charge in [0.05, 0.1) is 17.3 Å². The summed E-state index contributed by atoms with van der Waals surface area (Å²) in [5, 5.41) is 3.26. The van der Waals surface area contributed by atoms with Crippen LogP contribution in [0.3, 0.4) is 0 Å². The van der Waals surface area contributed by atoms with E-state index in [4.69, 9.17) is 0 Å². The molecule has 0 aromatic carbocycles. The molecule has 0 spiro atoms. The zero-order valence-electron chi connectivity index (χ0n) is 11.1. The molecule has 0 aromatic heterocycles. The van der Waals surface area contributed by atoms with Crippen molar-refractivity contribution in [1.29, 1.82) is 0 Å². The number of nitrogens with one attached hydrogen (secondary N) is 1. The maximum absolute atomic E-state index is 11.9. The quantitative estimate of drug-likeness (QED) is 0.659. The Morgan fingerprint density at radius 1 is 1.17 bits per heavy atom. The van der Waals surface area contributed by atoms with Gasteiger partial charge in [0.2, 0.25) is 0 Å². The Balaban J connectivity index is 2.50. The SMILES string of the molecule is CCCNC(CS(=O)(=O)CCS(C)(=O)=O)C1CC1. The molecule has 0 heterocycles. The molecule has 18 heavy (non-hydrogen) atoms. The van der Waals surface area contributed by atoms with Crippen molar-refractivity contribution in [3.63, 3.8) is 0 Å². The van der Waals surface area contributed by atoms with Crippen LogP contribution in [0.2, 0.25) is 0 Å². The minimum absolute atomic E-state index is 0.00508. The normalized spacial score (nSPS) is 18.8. The minimum atomic E-state index is -3.29. The molecular formula is C11H23NO4S2. The van der Waals surface area contributed by atoms with Gasteiger partial charge in [0.25, 0.3) is 0 Å². The molecular weight excluding hydrogens is 274 g/mol. The zero-order chi connectivity index (χ0) is 13.8. The Labute approximate surface area is 110 Å². The molecule has 1 saturated carbocycles. The summed E-state index contributed by atoms with van der Waals surface area (Å²) in [5.41, 5.74) is 0. The van der Waals surface area contributed by atoms with Crippen LogP contribution < -0.4 is 5.32 Å². The summed E-state index contributed by atoms with van der Waals surface area (Å²) < 4.78 is 45.8. The van der Waals surface area contributed by atoms with Gasteiger partial charge in [-0.25, -0.2) is 16.8 Å². The average Bonchev–Trinajstić information content (AvgIpc) is 3.04. The second-order valence-electron chi connectivity index (χ2n) is 5.14. The van der Waals surface area contributed by atoms with E-state index >= 15 is 0 Å². The minimum Gasteiger partial charge on any atom is -0.313 e. The van der Waals surface area contributed by atoms with Crippen molar-refractivity contribution < 1.29 is 16.8 Å². The molecule has 5 nitrogen and oxygen atoms in total. The van der Waals surface area contributed by atoms with Crippen LogP contribution in [-0.2, 0) is 19.7 Å². The lowest BCUT2D eigenvalue weighted by Gasteiger charge is -2.17. The number of hydrogen-bond donors (Lipinski definition) is 1. The maximum Gasteiger partial charge on any atom is 0.152 e. The Morgan fingerprint density at radius 2 is 1.78 bits per heavy atom. The molecule has 0 aromatic rings. The summed E-state index contributed by atoms with van der Waals surface area (Å²) in [6, 6.07) is -0.00508. The molecule has 1 fully saturated rings. The molecule has 1 aliphatic rings. The molecule has 1 aliphatic carbocycles. The summed E-state index contributed by atoms with van der Waals surface area (Å²) in [6.45, 7) is 2.85. The van der Waals surface area contributed by atoms with E-state index in [9.17, 15) is 16.8 Å². The number of hydrogen-bond acceptors (Lipinski definition) is 5. The molecule has 1 atom stereocenters. The average molecular weight is 297 g/mol. The number of rotatable bonds is 9. The van der Waals surface area contributed by atoms with Crippen LogP contribution in [0.25, 0.3) is 0 Å². The van der Waals surface area contributed by atoms with E-state index in [0.717, 1.165) is 32.1 Å². The molecule has 1 rings (SSSR count). The van der Waals surface area contributed by atoms with Crippen LogP contribution >= 0.6 is 0 Å². The van der Waals surface area contributed by atoms with Gasteiger partial charge in [-0.15, -0.1) is 0 Å². The van der Waals surface area contributed by atoms with Crippen LogP contribution in [0.5, 0.6) is 0 Å². The second-order valence-corrected chi connectivity index (χ2v) is 9.63. The van der Waals surface area contributed by atoms with Crippen molar-refractivity contribution in [1.82, 2.24) is 5.32 Å². The lowest BCUT2D eigenvalue weighted by atomic mass is 10.2. The predicted octanol–water partition coefficient (Wildman–Crippen LogP) is 0.224. The third kappa shape index (κ3) is 6.70. The Kier molecular flexibility index (Phi) is 5.61. The third-order valence-electron chi connectivity index (χ3n) is 3.05. The van der Waals surface area contributed by atoms with E-state index < -0.39 is 19.7 Å². The summed E-state index contributed by atoms with van der Waals surface area (Å²) in [6.07, 6.45) is 4.18. The third-order valence-corrected chi connectivity index (χ3v) is 5.94. The zero-order valence-corrected chi connectivity index (χ0v) is 12.7. The van der Waals surface area contributed by atoms with Crippen LogP contribution in [-0.4, -0.2) is 52.9 Å². The molecule has 0 saturated heterocycles. The van der Waals surface area contributed by atoms with Crippen molar-refractivity contribution in [2.45, 2.75) is 32.2 Å². The van der Waals surface area contributed by atoms with Crippen molar-refractivity contribution in [3.8, 4) is 0 Å². The Hall–Kier alpha value is -0.140. The summed E-state index contributed by atoms with van der Waals surface area (Å²) in [7, 11) is -6.51. The Bertz CT molecular complexity index is 451. The van der Waals surface area contributed by atoms with E-state index in [1.165, 1.54) is 0 Å². The number of sulfone groups is 2. The molecule has 7 heteroatoms. The molecule has 1 unspecified atom stereocenters. The highest BCUT2D eigenvalue weighted by Gasteiger charge is 2.33. The summed E-state index contributed by atoms with van der Waals surface area (Å²) in [4.78, 5) is 0. The summed E-state index contributed by atoms with van der Waals surface area (Å²) >= 11 is 0. The van der Waals surface area contributed by atoms with Gasteiger partial charge in [0.15, 0.2) is 9.84 Å². The standard InChI is InChI=1S/C11H23NO4S2/c1-3-6-12-11(10-4-5-10)9-18(15,16)8-7-17(2,13)14/h10-12H,3-9H2,1-2H3. The van der Waals surface area contributed by atoms with Gasteiger partial charge >= 0.3 is 0 Å². The van der Waals surface area contributed by atoms with Crippen LogP contribution in [0.4, 0.5) is 0 Å². The highest BCUT2D eigenvalue weighted by molar-refractivity contribution is 7.94. The van der Waals surface area contributed by atoms with Crippen LogP contribution in [0, 0.1) is 5.92 Å². The summed E-state index contributed by atoms with van der Waals surface area (Å²) in [5.74, 6) is -0.0270. The van der Waals surface area contributed by atoms with E-state index in [-0.39, 0.29) is 23.3 Å². The highest BCUT2D eigenvalue weighted by Crippen LogP contribution is 2.33. The fourth-order valence-electron chi connectivity index (χ4n) is 1.83. The first kappa shape index (κ1) is 15.9. The van der Waals surface area contributed by atoms with Crippen LogP contribution in [0.1, 0.15) is 26.2 Å². The first-order valence-corrected chi connectivity index (χ1v) is 10.2. The van der Waals surface area contributed by atoms with E-state index in [2.05, 4.69) is 5.32 Å². The van der Waals surface area contributed by atoms with Crippen LogP contribution in [0.15, 0.2) is 0 Å². The van der Waals surface area contributed by atoms with E-state index in [1.54, 1.807) is 0 Å². The van der Waals surface area contributed by atoms with Gasteiger partial charge in [0.1, 0.15) is 9.84 Å². The van der Waals surface area contributed by atoms with Gasteiger partial charge < -0.3 is 5.32 Å². The maximum atomic E-state index is 11.9. The van der Waals surface area contributed by atoms with Gasteiger partial charge in [-0.3, -0.25) is 0 Å². The molecule has 0 amide bonds. The molecule has 1 N–H and O–H groups in total. The monoisotopic (exact) mass is 297 g/mol. The van der Waals surface area contributed by atoms with Gasteiger partial charge in [-0.2, -0.15) is 0 Å². The first-order valence-electron chi connectivity index (χ1n) is 6.35. The first-order chi connectivity index (χ1) is 8.23. The largest absolute Gasteiger partial charge is 0.313 e. The molecule has 108 valence electrons. The van der Waals surface area contributed by atoms with Gasteiger partial charge in [-0.1, -0.05) is 6.92 Å². The highest BCUT2D eigenvalue weighted by atomic mass is 32.2. The topological polar surface area (TPSA) is 80.3 Å². The Morgan fingerprint density at radius 3 is 2.22 bits per heavy atom. The van der Waals surface area contributed by atoms with E-state index in [0.29, 0.717) is 5.92 Å². The van der Waals surface area contributed by atoms with Crippen molar-refractivity contribution in [2.75, 3.05) is 30.1 Å². The molecule has 0 bridgehead atoms. The van der Waals surface area contributed by atoms with E-state index in [1.807, 2.05) is 6.92 Å². The smallest absolute Gasteiger partial charge is 0.152 e. The molecule has 0 aliphatic heterocycles. The van der Waals surface area contributed by atoms with Crippen molar-refractivity contribution >= 4 is 19.7 Å². The van der Waals surface area contributed by atoms with Gasteiger partial charge in [0, 0.05) is 12.3 Å². The van der Waals surface area contributed by atoms with Gasteiger partial charge in [-0.05, 0) is 31.7 Å². The van der Waals surface area contributed by atoms with Crippen molar-refractivity contribution in [2.24, 2.45) is 5.92 Å². The second kappa shape index (κ2) is 6.34. The predicted molar refractivity (Wildman–Crippen MR) is 73.2 cm³/mol. The molecule has 0 radical (unpaired) electrons.